The van der Waals surface area contributed by atoms with E-state index < -0.39 is 0 Å². The average molecular weight is 341 g/mol. The first-order valence-corrected chi connectivity index (χ1v) is 9.54. The number of fused-ring (bicyclic) bond motifs is 1. The van der Waals surface area contributed by atoms with Gasteiger partial charge >= 0.3 is 0 Å². The molecule has 2 aromatic rings. The van der Waals surface area contributed by atoms with Crippen molar-refractivity contribution in [3.8, 4) is 0 Å². The lowest BCUT2D eigenvalue weighted by Gasteiger charge is -2.34. The van der Waals surface area contributed by atoms with Gasteiger partial charge < -0.3 is 9.80 Å². The number of piperazine rings is 1. The molecule has 134 valence electrons. The molecule has 25 heavy (non-hydrogen) atoms. The predicted molar refractivity (Wildman–Crippen MR) is 97.8 cm³/mol. The van der Waals surface area contributed by atoms with Crippen molar-refractivity contribution in [2.24, 2.45) is 0 Å². The van der Waals surface area contributed by atoms with Crippen LogP contribution in [0.25, 0.3) is 11.0 Å². The van der Waals surface area contributed by atoms with Crippen molar-refractivity contribution in [1.29, 1.82) is 0 Å². The van der Waals surface area contributed by atoms with Gasteiger partial charge in [-0.15, -0.1) is 0 Å². The minimum atomic E-state index is 0.122. The van der Waals surface area contributed by atoms with E-state index in [0.29, 0.717) is 6.04 Å². The lowest BCUT2D eigenvalue weighted by molar-refractivity contribution is 0.0645. The molecule has 4 rings (SSSR count). The van der Waals surface area contributed by atoms with E-state index in [9.17, 15) is 4.79 Å². The minimum Gasteiger partial charge on any atom is -0.336 e. The van der Waals surface area contributed by atoms with Crippen LogP contribution in [0.3, 0.4) is 0 Å². The number of hydrogen-bond acceptors (Lipinski definition) is 4. The molecule has 0 unspecified atom stereocenters. The summed E-state index contributed by atoms with van der Waals surface area (Å²) < 4.78 is 2.06. The highest BCUT2D eigenvalue weighted by Crippen LogP contribution is 2.32. The molecule has 3 heterocycles. The first-order chi connectivity index (χ1) is 12.2. The number of aryl methyl sites for hydroxylation is 1. The summed E-state index contributed by atoms with van der Waals surface area (Å²) in [7, 11) is 0. The van der Waals surface area contributed by atoms with Crippen LogP contribution in [-0.4, -0.2) is 63.2 Å². The lowest BCUT2D eigenvalue weighted by atomic mass is 10.1. The average Bonchev–Trinajstić information content (AvgIpc) is 3.29. The zero-order valence-electron chi connectivity index (χ0n) is 15.2. The topological polar surface area (TPSA) is 54.3 Å². The van der Waals surface area contributed by atoms with Gasteiger partial charge in [0.15, 0.2) is 5.65 Å². The van der Waals surface area contributed by atoms with Crippen LogP contribution in [-0.2, 0) is 0 Å². The van der Waals surface area contributed by atoms with Gasteiger partial charge in [-0.3, -0.25) is 4.79 Å². The van der Waals surface area contributed by atoms with Gasteiger partial charge in [0, 0.05) is 31.9 Å². The molecule has 0 spiro atoms. The van der Waals surface area contributed by atoms with E-state index in [-0.39, 0.29) is 5.91 Å². The molecule has 1 amide bonds. The Morgan fingerprint density at radius 2 is 1.92 bits per heavy atom. The highest BCUT2D eigenvalue weighted by Gasteiger charge is 2.26. The van der Waals surface area contributed by atoms with E-state index in [2.05, 4.69) is 21.6 Å². The summed E-state index contributed by atoms with van der Waals surface area (Å²) in [6, 6.07) is 2.36. The molecule has 0 radical (unpaired) electrons. The van der Waals surface area contributed by atoms with Gasteiger partial charge in [0.1, 0.15) is 0 Å². The molecule has 1 aliphatic carbocycles. The molecule has 2 aliphatic rings. The standard InChI is InChI=1S/C19H27N5O/c1-3-22-8-10-23(11-9-22)19(25)16-12-14(2)21-18-17(16)13-20-24(18)15-6-4-5-7-15/h12-13,15H,3-11H2,1-2H3. The number of pyridine rings is 1. The normalized spacial score (nSPS) is 19.8. The molecule has 6 heteroatoms. The molecule has 0 N–H and O–H groups in total. The van der Waals surface area contributed by atoms with E-state index in [1.807, 2.05) is 24.1 Å². The minimum absolute atomic E-state index is 0.122. The third-order valence-electron chi connectivity index (χ3n) is 5.70. The number of aromatic nitrogens is 3. The second-order valence-electron chi connectivity index (χ2n) is 7.30. The second kappa shape index (κ2) is 6.75. The lowest BCUT2D eigenvalue weighted by Crippen LogP contribution is -2.48. The van der Waals surface area contributed by atoms with Crippen LogP contribution in [0.1, 0.15) is 54.7 Å². The molecule has 2 fully saturated rings. The van der Waals surface area contributed by atoms with Crippen molar-refractivity contribution >= 4 is 16.9 Å². The Labute approximate surface area is 148 Å². The molecule has 0 atom stereocenters. The number of hydrogen-bond donors (Lipinski definition) is 0. The third kappa shape index (κ3) is 3.03. The Bertz CT molecular complexity index is 769. The van der Waals surface area contributed by atoms with Crippen molar-refractivity contribution in [3.05, 3.63) is 23.5 Å². The second-order valence-corrected chi connectivity index (χ2v) is 7.30. The van der Waals surface area contributed by atoms with Gasteiger partial charge in [-0.1, -0.05) is 19.8 Å². The summed E-state index contributed by atoms with van der Waals surface area (Å²) in [5.41, 5.74) is 2.53. The number of nitrogens with zero attached hydrogens (tertiary/aromatic N) is 5. The summed E-state index contributed by atoms with van der Waals surface area (Å²) in [5, 5.41) is 5.51. The molecule has 2 aromatic heterocycles. The van der Waals surface area contributed by atoms with E-state index in [4.69, 9.17) is 4.98 Å². The largest absolute Gasteiger partial charge is 0.336 e. The van der Waals surface area contributed by atoms with Gasteiger partial charge in [0.05, 0.1) is 23.2 Å². The number of amides is 1. The van der Waals surface area contributed by atoms with Crippen LogP contribution in [0.2, 0.25) is 0 Å². The fourth-order valence-electron chi connectivity index (χ4n) is 4.17. The molecule has 0 bridgehead atoms. The van der Waals surface area contributed by atoms with Crippen LogP contribution in [0.5, 0.6) is 0 Å². The Morgan fingerprint density at radius 1 is 1.20 bits per heavy atom. The first kappa shape index (κ1) is 16.5. The van der Waals surface area contributed by atoms with E-state index in [0.717, 1.165) is 67.9 Å². The molecular weight excluding hydrogens is 314 g/mol. The number of rotatable bonds is 3. The van der Waals surface area contributed by atoms with Gasteiger partial charge in [0.25, 0.3) is 5.91 Å². The maximum Gasteiger partial charge on any atom is 0.254 e. The van der Waals surface area contributed by atoms with Crippen LogP contribution in [0, 0.1) is 6.92 Å². The Hall–Kier alpha value is -1.95. The zero-order valence-corrected chi connectivity index (χ0v) is 15.2. The quantitative estimate of drug-likeness (QED) is 0.861. The van der Waals surface area contributed by atoms with Crippen molar-refractivity contribution < 1.29 is 4.79 Å². The first-order valence-electron chi connectivity index (χ1n) is 9.54. The summed E-state index contributed by atoms with van der Waals surface area (Å²) in [5.74, 6) is 0.122. The Kier molecular flexibility index (Phi) is 4.46. The molecular formula is C19H27N5O. The van der Waals surface area contributed by atoms with E-state index >= 15 is 0 Å². The van der Waals surface area contributed by atoms with Crippen LogP contribution in [0.4, 0.5) is 0 Å². The van der Waals surface area contributed by atoms with Crippen molar-refractivity contribution in [2.75, 3.05) is 32.7 Å². The predicted octanol–water partition coefficient (Wildman–Crippen LogP) is 2.63. The van der Waals surface area contributed by atoms with Crippen LogP contribution >= 0.6 is 0 Å². The Balaban J connectivity index is 1.66. The molecule has 0 aromatic carbocycles. The Morgan fingerprint density at radius 3 is 2.60 bits per heavy atom. The fraction of sp³-hybridized carbons (Fsp3) is 0.632. The maximum atomic E-state index is 13.1. The van der Waals surface area contributed by atoms with Gasteiger partial charge in [0.2, 0.25) is 0 Å². The van der Waals surface area contributed by atoms with Crippen molar-refractivity contribution in [2.45, 2.75) is 45.6 Å². The van der Waals surface area contributed by atoms with Gasteiger partial charge in [-0.05, 0) is 32.4 Å². The summed E-state index contributed by atoms with van der Waals surface area (Å²) in [6.45, 7) is 8.70. The molecule has 1 aliphatic heterocycles. The van der Waals surface area contributed by atoms with Crippen LogP contribution < -0.4 is 0 Å². The van der Waals surface area contributed by atoms with Crippen molar-refractivity contribution in [1.82, 2.24) is 24.6 Å². The zero-order chi connectivity index (χ0) is 17.4. The van der Waals surface area contributed by atoms with Gasteiger partial charge in [-0.2, -0.15) is 5.10 Å². The molecule has 6 nitrogen and oxygen atoms in total. The summed E-state index contributed by atoms with van der Waals surface area (Å²) in [6.07, 6.45) is 6.68. The fourth-order valence-corrected chi connectivity index (χ4v) is 4.17. The molecule has 1 saturated carbocycles. The summed E-state index contributed by atoms with van der Waals surface area (Å²) >= 11 is 0. The monoisotopic (exact) mass is 341 g/mol. The SMILES string of the molecule is CCN1CCN(C(=O)c2cc(C)nc3c2cnn3C2CCCC2)CC1. The van der Waals surface area contributed by atoms with E-state index in [1.54, 1.807) is 0 Å². The molecule has 1 saturated heterocycles. The summed E-state index contributed by atoms with van der Waals surface area (Å²) in [4.78, 5) is 22.2. The number of carbonyl (C=O) groups is 1. The van der Waals surface area contributed by atoms with Gasteiger partial charge in [-0.25, -0.2) is 9.67 Å². The van der Waals surface area contributed by atoms with Crippen LogP contribution in [0.15, 0.2) is 12.3 Å². The smallest absolute Gasteiger partial charge is 0.254 e. The maximum absolute atomic E-state index is 13.1. The van der Waals surface area contributed by atoms with E-state index in [1.165, 1.54) is 12.8 Å². The number of carbonyl (C=O) groups excluding carboxylic acids is 1. The number of likely N-dealkylation sites (N-methyl/N-ethyl adjacent to an activating group) is 1. The van der Waals surface area contributed by atoms with Crippen molar-refractivity contribution in [3.63, 3.8) is 0 Å². The highest BCUT2D eigenvalue weighted by atomic mass is 16.2. The third-order valence-corrected chi connectivity index (χ3v) is 5.70. The highest BCUT2D eigenvalue weighted by molar-refractivity contribution is 6.05.